The quantitative estimate of drug-likeness (QED) is 0.539. The second-order valence-corrected chi connectivity index (χ2v) is 6.57. The fourth-order valence-corrected chi connectivity index (χ4v) is 3.14. The van der Waals surface area contributed by atoms with Crippen molar-refractivity contribution in [3.63, 3.8) is 0 Å². The Hall–Kier alpha value is -2.68. The monoisotopic (exact) mass is 372 g/mol. The van der Waals surface area contributed by atoms with Gasteiger partial charge in [0.25, 0.3) is 11.8 Å². The minimum absolute atomic E-state index is 0.284. The highest BCUT2D eigenvalue weighted by Gasteiger charge is 2.37. The summed E-state index contributed by atoms with van der Waals surface area (Å²) in [6.45, 7) is 5.51. The number of fused-ring (bicyclic) bond motifs is 1. The first kappa shape index (κ1) is 18.1. The molecule has 9 heteroatoms. The molecule has 0 fully saturated rings. The van der Waals surface area contributed by atoms with Crippen LogP contribution in [0, 0.1) is 0 Å². The fourth-order valence-electron chi connectivity index (χ4n) is 2.36. The Balaban J connectivity index is 1.84. The van der Waals surface area contributed by atoms with Crippen molar-refractivity contribution in [3.05, 3.63) is 35.4 Å². The van der Waals surface area contributed by atoms with E-state index in [0.29, 0.717) is 36.1 Å². The summed E-state index contributed by atoms with van der Waals surface area (Å²) in [5.41, 5.74) is 0.792. The molecule has 1 aromatic carbocycles. The Bertz CT molecular complexity index is 767. The van der Waals surface area contributed by atoms with Gasteiger partial charge in [-0.2, -0.15) is 15.0 Å². The number of anilines is 2. The van der Waals surface area contributed by atoms with Crippen molar-refractivity contribution in [2.24, 2.45) is 0 Å². The highest BCUT2D eigenvalue weighted by molar-refractivity contribution is 7.98. The molecule has 8 nitrogen and oxygen atoms in total. The van der Waals surface area contributed by atoms with E-state index < -0.39 is 0 Å². The minimum atomic E-state index is -0.359. The Morgan fingerprint density at radius 2 is 1.38 bits per heavy atom. The summed E-state index contributed by atoms with van der Waals surface area (Å²) in [6, 6.07) is 6.76. The van der Waals surface area contributed by atoms with E-state index in [9.17, 15) is 9.59 Å². The number of aromatic nitrogens is 3. The molecule has 2 aromatic rings. The van der Waals surface area contributed by atoms with Gasteiger partial charge in [0.1, 0.15) is 0 Å². The van der Waals surface area contributed by atoms with Gasteiger partial charge in [0, 0.05) is 25.0 Å². The number of hydrogen-bond acceptors (Lipinski definition) is 8. The van der Waals surface area contributed by atoms with Gasteiger partial charge in [-0.25, -0.2) is 4.31 Å². The van der Waals surface area contributed by atoms with Crippen LogP contribution in [0.2, 0.25) is 0 Å². The number of rotatable bonds is 8. The fraction of sp³-hybridized carbons (Fsp3) is 0.353. The molecule has 136 valence electrons. The molecule has 0 unspecified atom stereocenters. The minimum Gasteiger partial charge on any atom is -0.354 e. The van der Waals surface area contributed by atoms with Gasteiger partial charge in [-0.3, -0.25) is 9.59 Å². The Labute approximate surface area is 156 Å². The molecule has 3 rings (SSSR count). The molecule has 0 saturated carbocycles. The van der Waals surface area contributed by atoms with Crippen LogP contribution >= 0.6 is 11.9 Å². The number of amides is 2. The van der Waals surface area contributed by atoms with Crippen molar-refractivity contribution in [1.29, 1.82) is 0 Å². The summed E-state index contributed by atoms with van der Waals surface area (Å²) in [5.74, 6) is 0.114. The zero-order valence-corrected chi connectivity index (χ0v) is 15.5. The number of hydrogen-bond donors (Lipinski definition) is 2. The van der Waals surface area contributed by atoms with Crippen molar-refractivity contribution < 1.29 is 9.59 Å². The maximum atomic E-state index is 12.5. The smallest absolute Gasteiger partial charge is 0.272 e. The largest absolute Gasteiger partial charge is 0.354 e. The third-order valence-corrected chi connectivity index (χ3v) is 4.47. The lowest BCUT2D eigenvalue weighted by Crippen LogP contribution is -2.23. The molecule has 26 heavy (non-hydrogen) atoms. The van der Waals surface area contributed by atoms with Gasteiger partial charge >= 0.3 is 0 Å². The van der Waals surface area contributed by atoms with Crippen molar-refractivity contribution in [3.8, 4) is 0 Å². The molecule has 0 saturated heterocycles. The molecule has 2 N–H and O–H groups in total. The lowest BCUT2D eigenvalue weighted by molar-refractivity contribution is 0.0776. The van der Waals surface area contributed by atoms with E-state index in [2.05, 4.69) is 25.6 Å². The van der Waals surface area contributed by atoms with Gasteiger partial charge in [0.05, 0.1) is 11.1 Å². The normalized spacial score (nSPS) is 13.1. The molecule has 2 heterocycles. The van der Waals surface area contributed by atoms with Gasteiger partial charge in [-0.15, -0.1) is 0 Å². The number of carbonyl (C=O) groups excluding carboxylic acids is 2. The first-order valence-electron chi connectivity index (χ1n) is 8.53. The number of benzene rings is 1. The number of nitrogens with zero attached hydrogens (tertiary/aromatic N) is 4. The first-order valence-corrected chi connectivity index (χ1v) is 9.31. The van der Waals surface area contributed by atoms with Crippen molar-refractivity contribution in [2.45, 2.75) is 31.8 Å². The average molecular weight is 372 g/mol. The van der Waals surface area contributed by atoms with Crippen LogP contribution in [-0.2, 0) is 0 Å². The van der Waals surface area contributed by atoms with Crippen LogP contribution in [0.3, 0.4) is 0 Å². The van der Waals surface area contributed by atoms with Crippen molar-refractivity contribution in [2.75, 3.05) is 23.7 Å². The molecule has 0 aliphatic carbocycles. The van der Waals surface area contributed by atoms with E-state index in [1.54, 1.807) is 24.3 Å². The highest BCUT2D eigenvalue weighted by Crippen LogP contribution is 2.31. The van der Waals surface area contributed by atoms with E-state index in [1.807, 2.05) is 13.8 Å². The predicted octanol–water partition coefficient (Wildman–Crippen LogP) is 2.82. The predicted molar refractivity (Wildman–Crippen MR) is 100 cm³/mol. The molecule has 0 radical (unpaired) electrons. The highest BCUT2D eigenvalue weighted by atomic mass is 32.2. The SMILES string of the molecule is CCCNc1nc(NCCC)nc(SN2C(=O)c3ccccc3C2=O)n1. The summed E-state index contributed by atoms with van der Waals surface area (Å²) in [7, 11) is 0. The van der Waals surface area contributed by atoms with Gasteiger partial charge in [-0.05, 0) is 25.0 Å². The molecule has 0 bridgehead atoms. The maximum Gasteiger partial charge on any atom is 0.272 e. The molecular weight excluding hydrogens is 352 g/mol. The van der Waals surface area contributed by atoms with E-state index in [4.69, 9.17) is 0 Å². The maximum absolute atomic E-state index is 12.5. The summed E-state index contributed by atoms with van der Waals surface area (Å²) in [4.78, 5) is 38.0. The van der Waals surface area contributed by atoms with Crippen LogP contribution in [0.25, 0.3) is 0 Å². The van der Waals surface area contributed by atoms with Crippen LogP contribution in [0.5, 0.6) is 0 Å². The van der Waals surface area contributed by atoms with Gasteiger partial charge in [0.15, 0.2) is 0 Å². The molecule has 1 aliphatic rings. The number of carbonyl (C=O) groups is 2. The molecule has 1 aliphatic heterocycles. The van der Waals surface area contributed by atoms with Gasteiger partial charge in [-0.1, -0.05) is 26.0 Å². The van der Waals surface area contributed by atoms with Gasteiger partial charge < -0.3 is 10.6 Å². The summed E-state index contributed by atoms with van der Waals surface area (Å²) in [6.07, 6.45) is 1.84. The van der Waals surface area contributed by atoms with Crippen LogP contribution in [0.15, 0.2) is 29.4 Å². The van der Waals surface area contributed by atoms with Crippen LogP contribution in [0.4, 0.5) is 11.9 Å². The van der Waals surface area contributed by atoms with E-state index in [1.165, 1.54) is 0 Å². The van der Waals surface area contributed by atoms with E-state index in [-0.39, 0.29) is 17.0 Å². The van der Waals surface area contributed by atoms with E-state index in [0.717, 1.165) is 29.1 Å². The lowest BCUT2D eigenvalue weighted by atomic mass is 10.1. The molecule has 0 spiro atoms. The Kier molecular flexibility index (Phi) is 5.67. The van der Waals surface area contributed by atoms with Crippen molar-refractivity contribution in [1.82, 2.24) is 19.3 Å². The third kappa shape index (κ3) is 3.77. The zero-order valence-electron chi connectivity index (χ0n) is 14.7. The third-order valence-electron chi connectivity index (χ3n) is 3.61. The lowest BCUT2D eigenvalue weighted by Gasteiger charge is -2.13. The Morgan fingerprint density at radius 3 is 1.85 bits per heavy atom. The molecule has 2 amide bonds. The van der Waals surface area contributed by atoms with Crippen LogP contribution in [-0.4, -0.2) is 44.2 Å². The average Bonchev–Trinajstić information content (AvgIpc) is 2.90. The summed E-state index contributed by atoms with van der Waals surface area (Å²) < 4.78 is 1.09. The van der Waals surface area contributed by atoms with Gasteiger partial charge in [0.2, 0.25) is 17.1 Å². The van der Waals surface area contributed by atoms with Crippen molar-refractivity contribution >= 4 is 35.7 Å². The zero-order chi connectivity index (χ0) is 18.5. The molecule has 0 atom stereocenters. The number of imide groups is 1. The first-order chi connectivity index (χ1) is 12.6. The molecule has 1 aromatic heterocycles. The number of nitrogens with one attached hydrogen (secondary N) is 2. The summed E-state index contributed by atoms with van der Waals surface area (Å²) in [5, 5.41) is 6.51. The topological polar surface area (TPSA) is 100 Å². The second-order valence-electron chi connectivity index (χ2n) is 5.66. The van der Waals surface area contributed by atoms with E-state index >= 15 is 0 Å². The Morgan fingerprint density at radius 1 is 0.885 bits per heavy atom. The standard InChI is InChI=1S/C17H20N6O2S/c1-3-9-18-15-20-16(19-10-4-2)22-17(21-15)26-23-13(24)11-7-5-6-8-12(11)14(23)25/h5-8H,3-4,9-10H2,1-2H3,(H2,18,19,20,21,22). The second kappa shape index (κ2) is 8.13. The summed E-state index contributed by atoms with van der Waals surface area (Å²) >= 11 is 0.911. The molecular formula is C17H20N6O2S. The van der Waals surface area contributed by atoms with Crippen LogP contribution < -0.4 is 10.6 Å². The van der Waals surface area contributed by atoms with Crippen LogP contribution in [0.1, 0.15) is 47.4 Å².